The lowest BCUT2D eigenvalue weighted by molar-refractivity contribution is -0.147. The highest BCUT2D eigenvalue weighted by atomic mass is 16.5. The number of aliphatic carboxylic acids is 1. The summed E-state index contributed by atoms with van der Waals surface area (Å²) in [6, 6.07) is 6.47. The van der Waals surface area contributed by atoms with E-state index in [1.807, 2.05) is 0 Å². The number of nitrogens with one attached hydrogen (secondary N) is 1. The van der Waals surface area contributed by atoms with Gasteiger partial charge in [0.15, 0.2) is 5.78 Å². The Hall–Kier alpha value is -2.78. The fraction of sp³-hybridized carbons (Fsp3) is 0.474. The molecule has 1 aromatic carbocycles. The lowest BCUT2D eigenvalue weighted by atomic mass is 9.94. The molecule has 0 radical (unpaired) electrons. The van der Waals surface area contributed by atoms with Gasteiger partial charge < -0.3 is 26.0 Å². The van der Waals surface area contributed by atoms with Gasteiger partial charge in [0.05, 0.1) is 6.10 Å². The first-order chi connectivity index (χ1) is 12.8. The number of piperidine rings is 1. The van der Waals surface area contributed by atoms with Gasteiger partial charge in [-0.3, -0.25) is 15.0 Å². The van der Waals surface area contributed by atoms with Gasteiger partial charge in [0, 0.05) is 36.6 Å². The highest BCUT2D eigenvalue weighted by Gasteiger charge is 2.26. The molecule has 1 aliphatic heterocycles. The number of nitrogen functional groups attached to an aromatic ring is 1. The summed E-state index contributed by atoms with van der Waals surface area (Å²) in [5.41, 5.74) is 6.43. The molecule has 0 aromatic heterocycles. The van der Waals surface area contributed by atoms with E-state index in [9.17, 15) is 14.4 Å². The molecule has 154 valence electrons. The number of carboxylic acid groups (broad SMARTS) is 1. The summed E-state index contributed by atoms with van der Waals surface area (Å²) >= 11 is 0. The van der Waals surface area contributed by atoms with E-state index in [4.69, 9.17) is 21.0 Å². The second-order valence-electron chi connectivity index (χ2n) is 6.75. The molecule has 1 amide bonds. The van der Waals surface area contributed by atoms with Crippen LogP contribution < -0.4 is 5.73 Å². The van der Waals surface area contributed by atoms with Gasteiger partial charge in [-0.05, 0) is 12.8 Å². The topological polar surface area (TPSA) is 165 Å². The summed E-state index contributed by atoms with van der Waals surface area (Å²) < 4.78 is 5.26. The number of hydrogen-bond donors (Lipinski definition) is 3. The van der Waals surface area contributed by atoms with E-state index >= 15 is 0 Å². The molecule has 0 saturated carbocycles. The van der Waals surface area contributed by atoms with E-state index in [0.29, 0.717) is 37.1 Å². The molecule has 1 unspecified atom stereocenters. The summed E-state index contributed by atoms with van der Waals surface area (Å²) in [6.07, 6.45) is 1.15. The number of hydrogen-bond acceptors (Lipinski definition) is 5. The average molecular weight is 393 g/mol. The Kier molecular flexibility index (Phi) is 8.75. The maximum absolute atomic E-state index is 12.5. The van der Waals surface area contributed by atoms with Gasteiger partial charge in [-0.1, -0.05) is 31.2 Å². The number of carboxylic acids is 1. The van der Waals surface area contributed by atoms with E-state index in [2.05, 4.69) is 0 Å². The van der Waals surface area contributed by atoms with Crippen LogP contribution in [0.2, 0.25) is 0 Å². The van der Waals surface area contributed by atoms with Crippen molar-refractivity contribution >= 4 is 23.5 Å². The van der Waals surface area contributed by atoms with Crippen LogP contribution in [0.5, 0.6) is 0 Å². The molecule has 1 heterocycles. The number of benzene rings is 1. The van der Waals surface area contributed by atoms with Gasteiger partial charge in [-0.2, -0.15) is 0 Å². The number of ketones is 1. The fourth-order valence-electron chi connectivity index (χ4n) is 3.04. The molecule has 0 spiro atoms. The van der Waals surface area contributed by atoms with Crippen LogP contribution >= 0.6 is 0 Å². The number of carbonyl (C=O) groups excluding carboxylic acids is 2. The monoisotopic (exact) mass is 393 g/mol. The van der Waals surface area contributed by atoms with Crippen LogP contribution in [0.1, 0.15) is 42.1 Å². The zero-order valence-electron chi connectivity index (χ0n) is 15.8. The summed E-state index contributed by atoms with van der Waals surface area (Å²) in [5, 5.41) is 16.0. The SMILES string of the molecule is CC(CC(=O)N1CCC(OCC(=O)O)CC1)C(=O)c1ccc(C(=N)N)cc1.O. The summed E-state index contributed by atoms with van der Waals surface area (Å²) in [7, 11) is 0. The lowest BCUT2D eigenvalue weighted by Crippen LogP contribution is -2.42. The van der Waals surface area contributed by atoms with E-state index in [0.717, 1.165) is 0 Å². The number of amides is 1. The molecule has 6 N–H and O–H groups in total. The maximum atomic E-state index is 12.5. The van der Waals surface area contributed by atoms with Gasteiger partial charge in [0.2, 0.25) is 5.91 Å². The first kappa shape index (κ1) is 23.3. The van der Waals surface area contributed by atoms with Crippen molar-refractivity contribution in [2.75, 3.05) is 19.7 Å². The van der Waals surface area contributed by atoms with Crippen LogP contribution in [0.4, 0.5) is 0 Å². The van der Waals surface area contributed by atoms with E-state index in [-0.39, 0.29) is 42.1 Å². The molecular weight excluding hydrogens is 366 g/mol. The summed E-state index contributed by atoms with van der Waals surface area (Å²) in [6.45, 7) is 2.39. The van der Waals surface area contributed by atoms with Crippen LogP contribution in [-0.4, -0.2) is 64.8 Å². The molecule has 28 heavy (non-hydrogen) atoms. The molecule has 1 atom stereocenters. The van der Waals surface area contributed by atoms with Crippen molar-refractivity contribution in [2.24, 2.45) is 11.7 Å². The van der Waals surface area contributed by atoms with Gasteiger partial charge in [-0.25, -0.2) is 4.79 Å². The van der Waals surface area contributed by atoms with Crippen molar-refractivity contribution in [3.63, 3.8) is 0 Å². The van der Waals surface area contributed by atoms with Crippen molar-refractivity contribution in [3.05, 3.63) is 35.4 Å². The summed E-state index contributed by atoms with van der Waals surface area (Å²) in [5.74, 6) is -1.74. The number of Topliss-reactive ketones (excluding diaryl/α,β-unsaturated/α-hetero) is 1. The predicted octanol–water partition coefficient (Wildman–Crippen LogP) is 0.447. The largest absolute Gasteiger partial charge is 0.480 e. The Morgan fingerprint density at radius 2 is 1.75 bits per heavy atom. The van der Waals surface area contributed by atoms with Crippen molar-refractivity contribution < 1.29 is 29.7 Å². The zero-order valence-corrected chi connectivity index (χ0v) is 15.8. The standard InChI is InChI=1S/C19H25N3O5.H2O/c1-12(18(26)13-2-4-14(5-3-13)19(20)21)10-16(23)22-8-6-15(7-9-22)27-11-17(24)25;/h2-5,12,15H,6-11H2,1H3,(H3,20,21)(H,24,25);1H2. The molecule has 2 rings (SSSR count). The Morgan fingerprint density at radius 3 is 2.25 bits per heavy atom. The number of ether oxygens (including phenoxy) is 1. The first-order valence-corrected chi connectivity index (χ1v) is 8.87. The van der Waals surface area contributed by atoms with Crippen molar-refractivity contribution in [2.45, 2.75) is 32.3 Å². The molecule has 1 aromatic rings. The van der Waals surface area contributed by atoms with Crippen molar-refractivity contribution in [3.8, 4) is 0 Å². The fourth-order valence-corrected chi connectivity index (χ4v) is 3.04. The third kappa shape index (κ3) is 6.43. The Morgan fingerprint density at radius 1 is 1.21 bits per heavy atom. The van der Waals surface area contributed by atoms with Crippen LogP contribution in [0.3, 0.4) is 0 Å². The third-order valence-corrected chi connectivity index (χ3v) is 4.65. The average Bonchev–Trinajstić information content (AvgIpc) is 2.66. The predicted molar refractivity (Wildman–Crippen MR) is 102 cm³/mol. The normalized spacial score (nSPS) is 15.4. The zero-order chi connectivity index (χ0) is 20.0. The smallest absolute Gasteiger partial charge is 0.329 e. The molecule has 9 nitrogen and oxygen atoms in total. The minimum Gasteiger partial charge on any atom is -0.480 e. The second-order valence-corrected chi connectivity index (χ2v) is 6.75. The maximum Gasteiger partial charge on any atom is 0.329 e. The highest BCUT2D eigenvalue weighted by Crippen LogP contribution is 2.18. The van der Waals surface area contributed by atoms with Gasteiger partial charge in [0.1, 0.15) is 12.4 Å². The van der Waals surface area contributed by atoms with Crippen LogP contribution in [0.15, 0.2) is 24.3 Å². The van der Waals surface area contributed by atoms with Crippen LogP contribution in [-0.2, 0) is 14.3 Å². The van der Waals surface area contributed by atoms with Crippen molar-refractivity contribution in [1.82, 2.24) is 4.90 Å². The van der Waals surface area contributed by atoms with Crippen LogP contribution in [0, 0.1) is 11.3 Å². The van der Waals surface area contributed by atoms with Gasteiger partial charge >= 0.3 is 5.97 Å². The van der Waals surface area contributed by atoms with Crippen molar-refractivity contribution in [1.29, 1.82) is 5.41 Å². The van der Waals surface area contributed by atoms with E-state index in [1.165, 1.54) is 0 Å². The number of nitrogens with zero attached hydrogens (tertiary/aromatic N) is 1. The number of carbonyl (C=O) groups is 3. The van der Waals surface area contributed by atoms with Gasteiger partial charge in [-0.15, -0.1) is 0 Å². The third-order valence-electron chi connectivity index (χ3n) is 4.65. The minimum atomic E-state index is -1.00. The number of nitrogens with two attached hydrogens (primary N) is 1. The molecule has 9 heteroatoms. The second kappa shape index (κ2) is 10.5. The Balaban J connectivity index is 0.00000392. The highest BCUT2D eigenvalue weighted by molar-refractivity contribution is 6.01. The molecule has 1 fully saturated rings. The molecule has 1 aliphatic rings. The number of likely N-dealkylation sites (tertiary alicyclic amines) is 1. The lowest BCUT2D eigenvalue weighted by Gasteiger charge is -2.32. The quantitative estimate of drug-likeness (QED) is 0.329. The minimum absolute atomic E-state index is 0. The van der Waals surface area contributed by atoms with Crippen LogP contribution in [0.25, 0.3) is 0 Å². The van der Waals surface area contributed by atoms with E-state index < -0.39 is 11.9 Å². The molecule has 0 bridgehead atoms. The Labute approximate surface area is 163 Å². The van der Waals surface area contributed by atoms with Gasteiger partial charge in [0.25, 0.3) is 0 Å². The first-order valence-electron chi connectivity index (χ1n) is 8.87. The number of rotatable bonds is 8. The Bertz CT molecular complexity index is 711. The van der Waals surface area contributed by atoms with E-state index in [1.54, 1.807) is 36.1 Å². The number of amidine groups is 1. The summed E-state index contributed by atoms with van der Waals surface area (Å²) in [4.78, 5) is 37.2. The molecule has 0 aliphatic carbocycles. The molecular formula is C19H27N3O6. The molecule has 1 saturated heterocycles.